The summed E-state index contributed by atoms with van der Waals surface area (Å²) in [6, 6.07) is 7.83. The molecule has 1 aromatic carbocycles. The first-order chi connectivity index (χ1) is 9.24. The summed E-state index contributed by atoms with van der Waals surface area (Å²) in [5, 5.41) is 19.7. The first-order valence-corrected chi connectivity index (χ1v) is 6.35. The lowest BCUT2D eigenvalue weighted by atomic mass is 9.97. The van der Waals surface area contributed by atoms with Crippen molar-refractivity contribution in [2.45, 2.75) is 43.9 Å². The molecular weight excluding hydrogens is 270 g/mol. The van der Waals surface area contributed by atoms with E-state index in [1.165, 1.54) is 26.0 Å². The first-order valence-electron chi connectivity index (χ1n) is 6.35. The molecule has 1 unspecified atom stereocenters. The minimum atomic E-state index is -3.62. The van der Waals surface area contributed by atoms with Crippen molar-refractivity contribution in [2.24, 2.45) is 0 Å². The Balaban J connectivity index is 2.13. The maximum absolute atomic E-state index is 14.2. The molecule has 1 fully saturated rings. The number of hydrogen-bond donors (Lipinski definition) is 2. The number of alkyl halides is 2. The SMILES string of the molecule is CC1(C)OCC(C(F)(F)[C@H](O)[C@@H](O)c2ccccc2)O1. The van der Waals surface area contributed by atoms with Gasteiger partial charge in [-0.05, 0) is 19.4 Å². The summed E-state index contributed by atoms with van der Waals surface area (Å²) >= 11 is 0. The molecule has 0 radical (unpaired) electrons. The quantitative estimate of drug-likeness (QED) is 0.888. The number of hydrogen-bond acceptors (Lipinski definition) is 4. The van der Waals surface area contributed by atoms with Crippen molar-refractivity contribution in [3.05, 3.63) is 35.9 Å². The van der Waals surface area contributed by atoms with Crippen molar-refractivity contribution in [3.63, 3.8) is 0 Å². The van der Waals surface area contributed by atoms with E-state index in [1.54, 1.807) is 18.2 Å². The van der Waals surface area contributed by atoms with Crippen LogP contribution in [-0.2, 0) is 9.47 Å². The Morgan fingerprint density at radius 2 is 1.85 bits per heavy atom. The Labute approximate surface area is 115 Å². The molecule has 0 spiro atoms. The third kappa shape index (κ3) is 2.98. The van der Waals surface area contributed by atoms with E-state index in [1.807, 2.05) is 0 Å². The van der Waals surface area contributed by atoms with E-state index in [0.717, 1.165) is 0 Å². The second-order valence-electron chi connectivity index (χ2n) is 5.29. The molecule has 1 heterocycles. The molecule has 112 valence electrons. The van der Waals surface area contributed by atoms with Crippen LogP contribution in [0.1, 0.15) is 25.5 Å². The lowest BCUT2D eigenvalue weighted by Gasteiger charge is -2.30. The molecule has 1 aliphatic heterocycles. The van der Waals surface area contributed by atoms with Gasteiger partial charge in [0.25, 0.3) is 0 Å². The Hall–Kier alpha value is -1.08. The van der Waals surface area contributed by atoms with E-state index in [2.05, 4.69) is 0 Å². The summed E-state index contributed by atoms with van der Waals surface area (Å²) in [5.41, 5.74) is 0.220. The van der Waals surface area contributed by atoms with Crippen LogP contribution in [0.2, 0.25) is 0 Å². The van der Waals surface area contributed by atoms with E-state index in [9.17, 15) is 19.0 Å². The fourth-order valence-electron chi connectivity index (χ4n) is 2.11. The molecule has 0 aliphatic carbocycles. The molecule has 1 aliphatic rings. The summed E-state index contributed by atoms with van der Waals surface area (Å²) in [5.74, 6) is -4.74. The van der Waals surface area contributed by atoms with Crippen LogP contribution in [0, 0.1) is 0 Å². The van der Waals surface area contributed by atoms with Crippen LogP contribution in [-0.4, -0.2) is 40.7 Å². The predicted octanol–water partition coefficient (Wildman–Crippen LogP) is 1.87. The van der Waals surface area contributed by atoms with Gasteiger partial charge in [0.2, 0.25) is 0 Å². The van der Waals surface area contributed by atoms with Crippen LogP contribution >= 0.6 is 0 Å². The first kappa shape index (κ1) is 15.3. The van der Waals surface area contributed by atoms with Gasteiger partial charge in [0.15, 0.2) is 18.0 Å². The predicted molar refractivity (Wildman–Crippen MR) is 67.3 cm³/mol. The van der Waals surface area contributed by atoms with Crippen LogP contribution in [0.3, 0.4) is 0 Å². The number of ether oxygens (including phenoxy) is 2. The van der Waals surface area contributed by atoms with Crippen LogP contribution < -0.4 is 0 Å². The fourth-order valence-corrected chi connectivity index (χ4v) is 2.11. The van der Waals surface area contributed by atoms with Crippen molar-refractivity contribution in [2.75, 3.05) is 6.61 Å². The van der Waals surface area contributed by atoms with Crippen molar-refractivity contribution >= 4 is 0 Å². The summed E-state index contributed by atoms with van der Waals surface area (Å²) in [6.07, 6.45) is -5.56. The van der Waals surface area contributed by atoms with Gasteiger partial charge >= 0.3 is 5.92 Å². The molecule has 0 aromatic heterocycles. The molecule has 20 heavy (non-hydrogen) atoms. The van der Waals surface area contributed by atoms with E-state index in [0.29, 0.717) is 0 Å². The van der Waals surface area contributed by atoms with Crippen LogP contribution in [0.15, 0.2) is 30.3 Å². The number of benzene rings is 1. The number of halogens is 2. The summed E-state index contributed by atoms with van der Waals surface area (Å²) in [7, 11) is 0. The van der Waals surface area contributed by atoms with Gasteiger partial charge in [-0.3, -0.25) is 0 Å². The van der Waals surface area contributed by atoms with E-state index >= 15 is 0 Å². The monoisotopic (exact) mass is 288 g/mol. The highest BCUT2D eigenvalue weighted by Crippen LogP contribution is 2.38. The van der Waals surface area contributed by atoms with Gasteiger partial charge in [-0.25, -0.2) is 8.78 Å². The number of aliphatic hydroxyl groups is 2. The Morgan fingerprint density at radius 3 is 2.35 bits per heavy atom. The Morgan fingerprint density at radius 1 is 1.25 bits per heavy atom. The maximum atomic E-state index is 14.2. The Kier molecular flexibility index (Phi) is 4.11. The minimum Gasteiger partial charge on any atom is -0.385 e. The van der Waals surface area contributed by atoms with E-state index in [-0.39, 0.29) is 12.2 Å². The highest BCUT2D eigenvalue weighted by molar-refractivity contribution is 5.19. The number of rotatable bonds is 4. The zero-order valence-electron chi connectivity index (χ0n) is 11.3. The van der Waals surface area contributed by atoms with E-state index in [4.69, 9.17) is 9.47 Å². The zero-order valence-corrected chi connectivity index (χ0v) is 11.3. The Bertz CT molecular complexity index is 450. The van der Waals surface area contributed by atoms with Gasteiger partial charge in [-0.2, -0.15) is 0 Å². The molecule has 0 amide bonds. The summed E-state index contributed by atoms with van der Waals surface area (Å²) in [4.78, 5) is 0. The largest absolute Gasteiger partial charge is 0.385 e. The molecular formula is C14H18F2O4. The van der Waals surface area contributed by atoms with Gasteiger partial charge in [-0.15, -0.1) is 0 Å². The zero-order chi connectivity index (χ0) is 15.0. The molecule has 1 aromatic rings. The average Bonchev–Trinajstić information content (AvgIpc) is 2.79. The van der Waals surface area contributed by atoms with Gasteiger partial charge < -0.3 is 19.7 Å². The molecule has 2 N–H and O–H groups in total. The molecule has 0 saturated carbocycles. The van der Waals surface area contributed by atoms with Gasteiger partial charge in [0.1, 0.15) is 6.10 Å². The van der Waals surface area contributed by atoms with Gasteiger partial charge in [-0.1, -0.05) is 30.3 Å². The van der Waals surface area contributed by atoms with Gasteiger partial charge in [0, 0.05) is 0 Å². The summed E-state index contributed by atoms with van der Waals surface area (Å²) < 4.78 is 38.5. The smallest absolute Gasteiger partial charge is 0.304 e. The van der Waals surface area contributed by atoms with Gasteiger partial charge in [0.05, 0.1) is 6.61 Å². The molecule has 2 rings (SSSR count). The average molecular weight is 288 g/mol. The molecule has 6 heteroatoms. The normalized spacial score (nSPS) is 25.4. The fraction of sp³-hybridized carbons (Fsp3) is 0.571. The molecule has 1 saturated heterocycles. The topological polar surface area (TPSA) is 58.9 Å². The number of aliphatic hydroxyl groups excluding tert-OH is 2. The molecule has 4 nitrogen and oxygen atoms in total. The lowest BCUT2D eigenvalue weighted by Crippen LogP contribution is -2.49. The van der Waals surface area contributed by atoms with Crippen molar-refractivity contribution in [1.82, 2.24) is 0 Å². The highest BCUT2D eigenvalue weighted by atomic mass is 19.3. The van der Waals surface area contributed by atoms with Crippen LogP contribution in [0.25, 0.3) is 0 Å². The van der Waals surface area contributed by atoms with Crippen LogP contribution in [0.4, 0.5) is 8.78 Å². The third-order valence-electron chi connectivity index (χ3n) is 3.27. The van der Waals surface area contributed by atoms with Crippen molar-refractivity contribution in [1.29, 1.82) is 0 Å². The minimum absolute atomic E-state index is 0.220. The third-order valence-corrected chi connectivity index (χ3v) is 3.27. The molecule has 0 bridgehead atoms. The van der Waals surface area contributed by atoms with Crippen molar-refractivity contribution in [3.8, 4) is 0 Å². The van der Waals surface area contributed by atoms with Crippen LogP contribution in [0.5, 0.6) is 0 Å². The second kappa shape index (κ2) is 5.37. The van der Waals surface area contributed by atoms with E-state index < -0.39 is 30.0 Å². The lowest BCUT2D eigenvalue weighted by molar-refractivity contribution is -0.229. The van der Waals surface area contributed by atoms with Crippen molar-refractivity contribution < 1.29 is 28.5 Å². The second-order valence-corrected chi connectivity index (χ2v) is 5.29. The highest BCUT2D eigenvalue weighted by Gasteiger charge is 2.55. The maximum Gasteiger partial charge on any atom is 0.304 e. The summed E-state index contributed by atoms with van der Waals surface area (Å²) in [6.45, 7) is 2.70. The molecule has 3 atom stereocenters. The standard InChI is InChI=1S/C14H18F2O4/c1-13(2)19-8-10(20-13)14(15,16)12(18)11(17)9-6-4-3-5-7-9/h3-7,10-12,17-18H,8H2,1-2H3/t10?,11-,12+/m0/s1.